The van der Waals surface area contributed by atoms with Crippen molar-refractivity contribution in [2.75, 3.05) is 11.5 Å². The average Bonchev–Trinajstić information content (AvgIpc) is 3.33. The van der Waals surface area contributed by atoms with Gasteiger partial charge in [0, 0.05) is 12.0 Å². The van der Waals surface area contributed by atoms with Crippen LogP contribution in [0.15, 0.2) is 64.2 Å². The van der Waals surface area contributed by atoms with Crippen LogP contribution in [0.4, 0.5) is 5.69 Å². The van der Waals surface area contributed by atoms with Crippen LogP contribution in [0.3, 0.4) is 0 Å². The number of ether oxygens (including phenoxy) is 1. The van der Waals surface area contributed by atoms with Crippen molar-refractivity contribution >= 4 is 35.2 Å². The number of imide groups is 1. The molecular formula is C21H17N3O5S. The first-order chi connectivity index (χ1) is 14.6. The second-order valence-corrected chi connectivity index (χ2v) is 7.54. The molecule has 1 saturated heterocycles. The fourth-order valence-electron chi connectivity index (χ4n) is 3.00. The number of hydrogen-bond acceptors (Lipinski definition) is 8. The molecule has 1 aromatic heterocycles. The van der Waals surface area contributed by atoms with E-state index in [9.17, 15) is 14.4 Å². The molecule has 4 rings (SSSR count). The number of carbonyl (C=O) groups is 3. The Balaban J connectivity index is 1.47. The Kier molecular flexibility index (Phi) is 5.62. The van der Waals surface area contributed by atoms with E-state index >= 15 is 0 Å². The SMILES string of the molecule is CCOC(=O)c1ccc(N2C(=O)CC(Sc3nnc(-c4ccccc4)o3)C2=O)cc1. The lowest BCUT2D eigenvalue weighted by atomic mass is 10.2. The summed E-state index contributed by atoms with van der Waals surface area (Å²) in [6.07, 6.45) is 0.0200. The molecule has 1 atom stereocenters. The number of benzene rings is 2. The third-order valence-corrected chi connectivity index (χ3v) is 5.43. The summed E-state index contributed by atoms with van der Waals surface area (Å²) in [5, 5.41) is 7.54. The van der Waals surface area contributed by atoms with E-state index in [1.54, 1.807) is 19.1 Å². The van der Waals surface area contributed by atoms with Gasteiger partial charge >= 0.3 is 5.97 Å². The van der Waals surface area contributed by atoms with Crippen molar-refractivity contribution in [3.8, 4) is 11.5 Å². The second-order valence-electron chi connectivity index (χ2n) is 6.38. The fourth-order valence-corrected chi connectivity index (χ4v) is 3.90. The molecule has 0 aliphatic carbocycles. The zero-order chi connectivity index (χ0) is 21.1. The molecule has 0 radical (unpaired) electrons. The van der Waals surface area contributed by atoms with E-state index in [1.165, 1.54) is 12.1 Å². The van der Waals surface area contributed by atoms with Crippen molar-refractivity contribution in [2.24, 2.45) is 0 Å². The monoisotopic (exact) mass is 423 g/mol. The van der Waals surface area contributed by atoms with Gasteiger partial charge in [0.25, 0.3) is 5.22 Å². The quantitative estimate of drug-likeness (QED) is 0.439. The van der Waals surface area contributed by atoms with Crippen LogP contribution in [0.1, 0.15) is 23.7 Å². The van der Waals surface area contributed by atoms with E-state index in [1.807, 2.05) is 30.3 Å². The maximum Gasteiger partial charge on any atom is 0.338 e. The number of amides is 2. The first-order valence-corrected chi connectivity index (χ1v) is 10.1. The average molecular weight is 423 g/mol. The molecule has 30 heavy (non-hydrogen) atoms. The number of esters is 1. The summed E-state index contributed by atoms with van der Waals surface area (Å²) in [6.45, 7) is 1.99. The molecule has 3 aromatic rings. The van der Waals surface area contributed by atoms with Crippen molar-refractivity contribution < 1.29 is 23.5 Å². The van der Waals surface area contributed by atoms with Crippen molar-refractivity contribution in [3.05, 3.63) is 60.2 Å². The van der Waals surface area contributed by atoms with Crippen LogP contribution in [0.25, 0.3) is 11.5 Å². The van der Waals surface area contributed by atoms with Crippen LogP contribution in [-0.4, -0.2) is 39.8 Å². The second kappa shape index (κ2) is 8.50. The van der Waals surface area contributed by atoms with E-state index in [2.05, 4.69) is 10.2 Å². The van der Waals surface area contributed by atoms with Gasteiger partial charge in [0.1, 0.15) is 5.25 Å². The van der Waals surface area contributed by atoms with E-state index in [0.29, 0.717) is 17.1 Å². The third kappa shape index (κ3) is 3.97. The topological polar surface area (TPSA) is 103 Å². The van der Waals surface area contributed by atoms with Gasteiger partial charge in [-0.25, -0.2) is 9.69 Å². The number of nitrogens with zero attached hydrogens (tertiary/aromatic N) is 3. The van der Waals surface area contributed by atoms with Crippen LogP contribution in [0, 0.1) is 0 Å². The predicted molar refractivity (Wildman–Crippen MR) is 109 cm³/mol. The molecule has 2 amide bonds. The van der Waals surface area contributed by atoms with Crippen molar-refractivity contribution in [2.45, 2.75) is 23.8 Å². The van der Waals surface area contributed by atoms with E-state index < -0.39 is 11.2 Å². The maximum absolute atomic E-state index is 12.8. The Labute approximate surface area is 176 Å². The van der Waals surface area contributed by atoms with Crippen LogP contribution in [0.2, 0.25) is 0 Å². The lowest BCUT2D eigenvalue weighted by molar-refractivity contribution is -0.121. The van der Waals surface area contributed by atoms with E-state index in [-0.39, 0.29) is 30.1 Å². The lowest BCUT2D eigenvalue weighted by Gasteiger charge is -2.14. The Morgan fingerprint density at radius 3 is 2.57 bits per heavy atom. The van der Waals surface area contributed by atoms with Crippen LogP contribution in [0.5, 0.6) is 0 Å². The zero-order valence-electron chi connectivity index (χ0n) is 16.0. The van der Waals surface area contributed by atoms with Gasteiger partial charge in [-0.05, 0) is 43.3 Å². The summed E-state index contributed by atoms with van der Waals surface area (Å²) in [7, 11) is 0. The first-order valence-electron chi connectivity index (χ1n) is 9.26. The van der Waals surface area contributed by atoms with Gasteiger partial charge in [0.05, 0.1) is 17.9 Å². The number of carbonyl (C=O) groups excluding carboxylic acids is 3. The van der Waals surface area contributed by atoms with Crippen LogP contribution >= 0.6 is 11.8 Å². The molecule has 152 valence electrons. The minimum Gasteiger partial charge on any atom is -0.462 e. The van der Waals surface area contributed by atoms with Crippen LogP contribution in [-0.2, 0) is 14.3 Å². The standard InChI is InChI=1S/C21H17N3O5S/c1-2-28-20(27)14-8-10-15(11-9-14)24-17(25)12-16(19(24)26)30-21-23-22-18(29-21)13-6-4-3-5-7-13/h3-11,16H,2,12H2,1H3. The number of hydrogen-bond donors (Lipinski definition) is 0. The Morgan fingerprint density at radius 2 is 1.87 bits per heavy atom. The van der Waals surface area contributed by atoms with E-state index in [0.717, 1.165) is 22.2 Å². The number of aromatic nitrogens is 2. The first kappa shape index (κ1) is 19.8. The molecule has 0 N–H and O–H groups in total. The molecule has 8 nitrogen and oxygen atoms in total. The summed E-state index contributed by atoms with van der Waals surface area (Å²) in [6, 6.07) is 15.4. The molecular weight excluding hydrogens is 406 g/mol. The molecule has 0 saturated carbocycles. The van der Waals surface area contributed by atoms with E-state index in [4.69, 9.17) is 9.15 Å². The van der Waals surface area contributed by atoms with Gasteiger partial charge < -0.3 is 9.15 Å². The fraction of sp³-hybridized carbons (Fsp3) is 0.190. The number of anilines is 1. The summed E-state index contributed by atoms with van der Waals surface area (Å²) >= 11 is 1.07. The number of rotatable bonds is 6. The highest BCUT2D eigenvalue weighted by Gasteiger charge is 2.41. The van der Waals surface area contributed by atoms with Gasteiger partial charge in [-0.3, -0.25) is 9.59 Å². The van der Waals surface area contributed by atoms with Gasteiger partial charge in [0.15, 0.2) is 0 Å². The Bertz CT molecular complexity index is 1080. The van der Waals surface area contributed by atoms with Crippen LogP contribution < -0.4 is 4.90 Å². The lowest BCUT2D eigenvalue weighted by Crippen LogP contribution is -2.31. The molecule has 2 aromatic carbocycles. The minimum absolute atomic E-state index is 0.0200. The summed E-state index contributed by atoms with van der Waals surface area (Å²) < 4.78 is 10.6. The molecule has 1 aliphatic heterocycles. The summed E-state index contributed by atoms with van der Waals surface area (Å²) in [4.78, 5) is 38.2. The number of thioether (sulfide) groups is 1. The van der Waals surface area contributed by atoms with Gasteiger partial charge in [-0.2, -0.15) is 0 Å². The molecule has 0 spiro atoms. The van der Waals surface area contributed by atoms with Gasteiger partial charge in [0.2, 0.25) is 17.7 Å². The Hall–Kier alpha value is -3.46. The van der Waals surface area contributed by atoms with Crippen molar-refractivity contribution in [1.82, 2.24) is 10.2 Å². The smallest absolute Gasteiger partial charge is 0.338 e. The summed E-state index contributed by atoms with van der Waals surface area (Å²) in [5.74, 6) is -0.805. The summed E-state index contributed by atoms with van der Waals surface area (Å²) in [5.41, 5.74) is 1.52. The molecule has 1 fully saturated rings. The molecule has 9 heteroatoms. The van der Waals surface area contributed by atoms with Crippen molar-refractivity contribution in [1.29, 1.82) is 0 Å². The molecule has 0 bridgehead atoms. The molecule has 1 aliphatic rings. The highest BCUT2D eigenvalue weighted by molar-refractivity contribution is 8.00. The van der Waals surface area contributed by atoms with Gasteiger partial charge in [-0.15, -0.1) is 10.2 Å². The zero-order valence-corrected chi connectivity index (χ0v) is 16.8. The highest BCUT2D eigenvalue weighted by atomic mass is 32.2. The normalized spacial score (nSPS) is 16.2. The maximum atomic E-state index is 12.8. The van der Waals surface area contributed by atoms with Gasteiger partial charge in [-0.1, -0.05) is 30.0 Å². The molecule has 2 heterocycles. The largest absolute Gasteiger partial charge is 0.462 e. The minimum atomic E-state index is -0.661. The van der Waals surface area contributed by atoms with Crippen molar-refractivity contribution in [3.63, 3.8) is 0 Å². The predicted octanol–water partition coefficient (Wildman–Crippen LogP) is 3.34. The highest BCUT2D eigenvalue weighted by Crippen LogP contribution is 2.34. The third-order valence-electron chi connectivity index (χ3n) is 4.41. The Morgan fingerprint density at radius 1 is 1.13 bits per heavy atom. The molecule has 1 unspecified atom stereocenters.